The molecule has 0 aliphatic carbocycles. The summed E-state index contributed by atoms with van der Waals surface area (Å²) in [5, 5.41) is 14.6. The molecule has 0 atom stereocenters. The van der Waals surface area contributed by atoms with Gasteiger partial charge in [0.25, 0.3) is 11.6 Å². The van der Waals surface area contributed by atoms with E-state index in [9.17, 15) is 14.9 Å². The van der Waals surface area contributed by atoms with Gasteiger partial charge in [0.05, 0.1) is 14.9 Å². The summed E-state index contributed by atoms with van der Waals surface area (Å²) in [6.45, 7) is 3.21. The van der Waals surface area contributed by atoms with E-state index in [1.165, 1.54) is 30.0 Å². The van der Waals surface area contributed by atoms with Crippen molar-refractivity contribution < 1.29 is 14.1 Å². The molecule has 30 heavy (non-hydrogen) atoms. The second-order valence-electron chi connectivity index (χ2n) is 6.87. The highest BCUT2D eigenvalue weighted by atomic mass is 35.5. The van der Waals surface area contributed by atoms with Gasteiger partial charge in [0.1, 0.15) is 11.5 Å². The van der Waals surface area contributed by atoms with Crippen LogP contribution in [0.3, 0.4) is 0 Å². The quantitative estimate of drug-likeness (QED) is 0.292. The van der Waals surface area contributed by atoms with Gasteiger partial charge in [0.2, 0.25) is 0 Å². The normalized spacial score (nSPS) is 19.8. The van der Waals surface area contributed by atoms with Gasteiger partial charge >= 0.3 is 0 Å². The summed E-state index contributed by atoms with van der Waals surface area (Å²) in [5.74, 6) is 0.759. The summed E-state index contributed by atoms with van der Waals surface area (Å²) in [6, 6.07) is 7.61. The van der Waals surface area contributed by atoms with Crippen LogP contribution >= 0.6 is 35.6 Å². The molecular weight excluding hydrogens is 448 g/mol. The zero-order valence-electron chi connectivity index (χ0n) is 15.9. The standard InChI is InChI=1S/C19H17ClN4O4S2/c1-21-6-8-22(9-7-21)23-18(25)17(30-19(23)29)11-13-3-5-16(28-13)14-4-2-12(24(26)27)10-15(14)20/h2-5,10-11H,6-9H2,1H3. The molecule has 156 valence electrons. The zero-order chi connectivity index (χ0) is 21.4. The average molecular weight is 465 g/mol. The molecule has 0 bridgehead atoms. The van der Waals surface area contributed by atoms with Gasteiger partial charge < -0.3 is 9.32 Å². The molecule has 1 aromatic heterocycles. The summed E-state index contributed by atoms with van der Waals surface area (Å²) in [6.07, 6.45) is 1.65. The minimum Gasteiger partial charge on any atom is -0.457 e. The second kappa shape index (κ2) is 8.48. The lowest BCUT2D eigenvalue weighted by atomic mass is 10.1. The number of thioether (sulfide) groups is 1. The van der Waals surface area contributed by atoms with Crippen LogP contribution in [0.1, 0.15) is 5.76 Å². The van der Waals surface area contributed by atoms with Gasteiger partial charge in [-0.15, -0.1) is 0 Å². The van der Waals surface area contributed by atoms with E-state index in [1.807, 2.05) is 12.1 Å². The number of thiocarbonyl (C=S) groups is 1. The largest absolute Gasteiger partial charge is 0.457 e. The van der Waals surface area contributed by atoms with Crippen LogP contribution in [0.25, 0.3) is 17.4 Å². The zero-order valence-corrected chi connectivity index (χ0v) is 18.3. The number of hydrogen-bond acceptors (Lipinski definition) is 8. The van der Waals surface area contributed by atoms with Crippen LogP contribution in [0.2, 0.25) is 5.02 Å². The van der Waals surface area contributed by atoms with Crippen LogP contribution in [-0.2, 0) is 4.79 Å². The van der Waals surface area contributed by atoms with Crippen molar-refractivity contribution in [3.05, 3.63) is 56.1 Å². The lowest BCUT2D eigenvalue weighted by Gasteiger charge is -2.37. The lowest BCUT2D eigenvalue weighted by molar-refractivity contribution is -0.384. The molecule has 0 unspecified atom stereocenters. The van der Waals surface area contributed by atoms with Crippen molar-refractivity contribution in [2.75, 3.05) is 33.2 Å². The molecule has 8 nitrogen and oxygen atoms in total. The maximum Gasteiger partial charge on any atom is 0.281 e. The first kappa shape index (κ1) is 21.0. The second-order valence-corrected chi connectivity index (χ2v) is 8.96. The molecule has 1 amide bonds. The van der Waals surface area contributed by atoms with E-state index in [0.717, 1.165) is 26.2 Å². The summed E-state index contributed by atoms with van der Waals surface area (Å²) >= 11 is 12.8. The van der Waals surface area contributed by atoms with Crippen LogP contribution < -0.4 is 0 Å². The van der Waals surface area contributed by atoms with E-state index in [1.54, 1.807) is 23.2 Å². The number of carbonyl (C=O) groups excluding carboxylic acids is 1. The first-order valence-electron chi connectivity index (χ1n) is 9.09. The molecule has 0 N–H and O–H groups in total. The van der Waals surface area contributed by atoms with E-state index in [-0.39, 0.29) is 16.6 Å². The first-order chi connectivity index (χ1) is 14.3. The number of benzene rings is 1. The number of non-ortho nitro benzene ring substituents is 1. The fraction of sp³-hybridized carbons (Fsp3) is 0.263. The first-order valence-corrected chi connectivity index (χ1v) is 10.7. The predicted molar refractivity (Wildman–Crippen MR) is 120 cm³/mol. The number of nitrogens with zero attached hydrogens (tertiary/aromatic N) is 4. The molecule has 2 saturated heterocycles. The summed E-state index contributed by atoms with van der Waals surface area (Å²) in [4.78, 5) is 26.0. The summed E-state index contributed by atoms with van der Waals surface area (Å²) in [7, 11) is 2.05. The monoisotopic (exact) mass is 464 g/mol. The number of nitro groups is 1. The molecule has 11 heteroatoms. The number of likely N-dealkylation sites (N-methyl/N-ethyl adjacent to an activating group) is 1. The highest BCUT2D eigenvalue weighted by molar-refractivity contribution is 8.26. The Morgan fingerprint density at radius 3 is 2.63 bits per heavy atom. The highest BCUT2D eigenvalue weighted by Crippen LogP contribution is 2.36. The molecule has 0 saturated carbocycles. The topological polar surface area (TPSA) is 83.1 Å². The third kappa shape index (κ3) is 4.14. The highest BCUT2D eigenvalue weighted by Gasteiger charge is 2.37. The van der Waals surface area contributed by atoms with E-state index in [0.29, 0.717) is 26.3 Å². The Kier molecular flexibility index (Phi) is 5.94. The van der Waals surface area contributed by atoms with Gasteiger partial charge in [-0.25, -0.2) is 10.0 Å². The number of piperazine rings is 1. The molecule has 0 radical (unpaired) electrons. The number of nitro benzene ring substituents is 1. The van der Waals surface area contributed by atoms with E-state index in [2.05, 4.69) is 4.90 Å². The minimum atomic E-state index is -0.508. The Hall–Kier alpha value is -2.24. The van der Waals surface area contributed by atoms with Gasteiger partial charge in [0.15, 0.2) is 4.32 Å². The number of furan rings is 1. The van der Waals surface area contributed by atoms with E-state index >= 15 is 0 Å². The molecule has 2 aromatic rings. The summed E-state index contributed by atoms with van der Waals surface area (Å²) < 4.78 is 6.31. The Morgan fingerprint density at radius 2 is 1.97 bits per heavy atom. The maximum absolute atomic E-state index is 12.9. The molecule has 1 aromatic carbocycles. The van der Waals surface area contributed by atoms with Gasteiger partial charge in [0, 0.05) is 50.0 Å². The number of rotatable bonds is 4. The SMILES string of the molecule is CN1CCN(N2C(=O)C(=Cc3ccc(-c4ccc([N+](=O)[O-])cc4Cl)o3)SC2=S)CC1. The maximum atomic E-state index is 12.9. The van der Waals surface area contributed by atoms with Gasteiger partial charge in [-0.3, -0.25) is 14.9 Å². The number of carbonyl (C=O) groups is 1. The van der Waals surface area contributed by atoms with Crippen LogP contribution in [0.4, 0.5) is 5.69 Å². The van der Waals surface area contributed by atoms with Crippen LogP contribution in [0.15, 0.2) is 39.7 Å². The van der Waals surface area contributed by atoms with Crippen LogP contribution in [0, 0.1) is 10.1 Å². The number of hydrogen-bond donors (Lipinski definition) is 0. The Morgan fingerprint density at radius 1 is 1.23 bits per heavy atom. The average Bonchev–Trinajstić information content (AvgIpc) is 3.27. The van der Waals surface area contributed by atoms with Gasteiger partial charge in [-0.1, -0.05) is 35.6 Å². The predicted octanol–water partition coefficient (Wildman–Crippen LogP) is 3.87. The van der Waals surface area contributed by atoms with Crippen molar-refractivity contribution >= 4 is 57.6 Å². The minimum absolute atomic E-state index is 0.0943. The van der Waals surface area contributed by atoms with Crippen molar-refractivity contribution in [3.63, 3.8) is 0 Å². The molecule has 2 fully saturated rings. The lowest BCUT2D eigenvalue weighted by Crippen LogP contribution is -2.54. The van der Waals surface area contributed by atoms with Crippen molar-refractivity contribution in [2.45, 2.75) is 0 Å². The molecule has 4 rings (SSSR count). The van der Waals surface area contributed by atoms with E-state index in [4.69, 9.17) is 28.2 Å². The number of amides is 1. The van der Waals surface area contributed by atoms with Crippen LogP contribution in [0.5, 0.6) is 0 Å². The van der Waals surface area contributed by atoms with Crippen molar-refractivity contribution in [1.82, 2.24) is 14.9 Å². The molecule has 3 heterocycles. The molecule has 2 aliphatic heterocycles. The molecule has 0 spiro atoms. The number of hydrazine groups is 1. The molecule has 2 aliphatic rings. The Bertz CT molecular complexity index is 1060. The third-order valence-electron chi connectivity index (χ3n) is 4.86. The van der Waals surface area contributed by atoms with E-state index < -0.39 is 4.92 Å². The smallest absolute Gasteiger partial charge is 0.281 e. The van der Waals surface area contributed by atoms with Gasteiger partial charge in [-0.05, 0) is 25.2 Å². The van der Waals surface area contributed by atoms with Crippen molar-refractivity contribution in [1.29, 1.82) is 0 Å². The van der Waals surface area contributed by atoms with Crippen molar-refractivity contribution in [2.24, 2.45) is 0 Å². The third-order valence-corrected chi connectivity index (χ3v) is 6.46. The Balaban J connectivity index is 1.54. The van der Waals surface area contributed by atoms with Gasteiger partial charge in [-0.2, -0.15) is 0 Å². The fourth-order valence-electron chi connectivity index (χ4n) is 3.22. The van der Waals surface area contributed by atoms with Crippen LogP contribution in [-0.4, -0.2) is 63.3 Å². The summed E-state index contributed by atoms with van der Waals surface area (Å²) in [5.41, 5.74) is 0.440. The fourth-order valence-corrected chi connectivity index (χ4v) is 4.78. The molecular formula is C19H17ClN4O4S2. The Labute approximate surface area is 187 Å². The number of halogens is 1. The van der Waals surface area contributed by atoms with Crippen molar-refractivity contribution in [3.8, 4) is 11.3 Å².